The normalized spacial score (nSPS) is 13.4. The Labute approximate surface area is 157 Å². The summed E-state index contributed by atoms with van der Waals surface area (Å²) in [6.45, 7) is 0. The van der Waals surface area contributed by atoms with Crippen LogP contribution in [0.2, 0.25) is 5.02 Å². The fourth-order valence-electron chi connectivity index (χ4n) is 2.08. The number of nitrogens with one attached hydrogen (secondary N) is 3. The van der Waals surface area contributed by atoms with Crippen LogP contribution in [0.3, 0.4) is 0 Å². The van der Waals surface area contributed by atoms with Gasteiger partial charge in [0, 0.05) is 16.3 Å². The SMILES string of the molecule is COC(=O)[C@](NNc1ccccc1)(NC(=O)c1ccc(Cl)cc1)C(F)(F)F. The number of hydrogen-bond acceptors (Lipinski definition) is 5. The maximum absolute atomic E-state index is 13.8. The van der Waals surface area contributed by atoms with E-state index >= 15 is 0 Å². The van der Waals surface area contributed by atoms with Crippen molar-refractivity contribution in [3.63, 3.8) is 0 Å². The molecule has 10 heteroatoms. The third-order valence-electron chi connectivity index (χ3n) is 3.49. The molecule has 0 radical (unpaired) electrons. The second kappa shape index (κ2) is 8.28. The molecule has 1 atom stereocenters. The van der Waals surface area contributed by atoms with Crippen LogP contribution in [-0.4, -0.2) is 30.8 Å². The van der Waals surface area contributed by atoms with Crippen LogP contribution < -0.4 is 16.2 Å². The van der Waals surface area contributed by atoms with Gasteiger partial charge in [-0.25, -0.2) is 4.79 Å². The van der Waals surface area contributed by atoms with Gasteiger partial charge in [0.2, 0.25) is 0 Å². The summed E-state index contributed by atoms with van der Waals surface area (Å²) >= 11 is 5.70. The van der Waals surface area contributed by atoms with E-state index in [1.54, 1.807) is 23.5 Å². The van der Waals surface area contributed by atoms with Crippen LogP contribution in [0.1, 0.15) is 10.4 Å². The van der Waals surface area contributed by atoms with Gasteiger partial charge in [-0.15, -0.1) is 0 Å². The first kappa shape index (κ1) is 20.5. The minimum absolute atomic E-state index is 0.126. The van der Waals surface area contributed by atoms with Crippen LogP contribution in [0.25, 0.3) is 0 Å². The van der Waals surface area contributed by atoms with Crippen molar-refractivity contribution < 1.29 is 27.5 Å². The van der Waals surface area contributed by atoms with Crippen LogP contribution in [-0.2, 0) is 9.53 Å². The molecule has 2 aromatic carbocycles. The van der Waals surface area contributed by atoms with E-state index in [1.165, 1.54) is 36.4 Å². The van der Waals surface area contributed by atoms with Crippen LogP contribution in [0.5, 0.6) is 0 Å². The summed E-state index contributed by atoms with van der Waals surface area (Å²) in [5.41, 5.74) is 0.684. The number of carbonyl (C=O) groups is 2. The molecule has 27 heavy (non-hydrogen) atoms. The second-order valence-corrected chi connectivity index (χ2v) is 5.75. The maximum atomic E-state index is 13.8. The number of hydrazine groups is 1. The molecular weight excluding hydrogens is 387 g/mol. The molecule has 144 valence electrons. The van der Waals surface area contributed by atoms with Crippen LogP contribution in [0.15, 0.2) is 54.6 Å². The average molecular weight is 402 g/mol. The summed E-state index contributed by atoms with van der Waals surface area (Å²) in [5.74, 6) is -2.91. The zero-order valence-electron chi connectivity index (χ0n) is 13.9. The van der Waals surface area contributed by atoms with E-state index in [1.807, 2.05) is 5.43 Å². The van der Waals surface area contributed by atoms with Crippen molar-refractivity contribution in [3.8, 4) is 0 Å². The van der Waals surface area contributed by atoms with Crippen molar-refractivity contribution in [3.05, 3.63) is 65.2 Å². The van der Waals surface area contributed by atoms with Crippen molar-refractivity contribution >= 4 is 29.2 Å². The maximum Gasteiger partial charge on any atom is 0.438 e. The zero-order chi connectivity index (χ0) is 20.1. The van der Waals surface area contributed by atoms with E-state index in [0.717, 1.165) is 7.11 Å². The molecule has 3 N–H and O–H groups in total. The number of amides is 1. The van der Waals surface area contributed by atoms with Gasteiger partial charge >= 0.3 is 17.8 Å². The monoisotopic (exact) mass is 401 g/mol. The number of halogens is 4. The van der Waals surface area contributed by atoms with E-state index in [4.69, 9.17) is 11.6 Å². The lowest BCUT2D eigenvalue weighted by Gasteiger charge is -2.34. The number of para-hydroxylation sites is 1. The molecule has 0 aliphatic rings. The Bertz CT molecular complexity index is 801. The van der Waals surface area contributed by atoms with Crippen LogP contribution >= 0.6 is 11.6 Å². The minimum Gasteiger partial charge on any atom is -0.466 e. The van der Waals surface area contributed by atoms with E-state index in [9.17, 15) is 22.8 Å². The number of benzene rings is 2. The molecule has 0 aliphatic heterocycles. The Morgan fingerprint density at radius 3 is 2.11 bits per heavy atom. The Morgan fingerprint density at radius 2 is 1.59 bits per heavy atom. The number of esters is 1. The van der Waals surface area contributed by atoms with E-state index in [0.29, 0.717) is 5.02 Å². The summed E-state index contributed by atoms with van der Waals surface area (Å²) in [6, 6.07) is 12.8. The molecule has 0 saturated heterocycles. The Kier molecular flexibility index (Phi) is 6.29. The summed E-state index contributed by atoms with van der Waals surface area (Å²) in [4.78, 5) is 24.4. The van der Waals surface area contributed by atoms with Gasteiger partial charge in [-0.1, -0.05) is 29.8 Å². The van der Waals surface area contributed by atoms with Crippen molar-refractivity contribution in [1.82, 2.24) is 10.7 Å². The highest BCUT2D eigenvalue weighted by atomic mass is 35.5. The number of ether oxygens (including phenoxy) is 1. The molecule has 6 nitrogen and oxygen atoms in total. The minimum atomic E-state index is -5.23. The standard InChI is InChI=1S/C17H15ClF3N3O3/c1-27-15(26)16(17(19,20)21,24-23-13-5-3-2-4-6-13)22-14(25)11-7-9-12(18)10-8-11/h2-10,23-24H,1H3,(H,22,25)/t16-/m1/s1. The first-order valence-corrected chi connectivity index (χ1v) is 7.89. The predicted molar refractivity (Wildman–Crippen MR) is 92.9 cm³/mol. The van der Waals surface area contributed by atoms with Crippen molar-refractivity contribution in [2.75, 3.05) is 12.5 Å². The third kappa shape index (κ3) is 4.69. The van der Waals surface area contributed by atoms with Gasteiger partial charge in [0.1, 0.15) is 0 Å². The number of methoxy groups -OCH3 is 1. The second-order valence-electron chi connectivity index (χ2n) is 5.32. The van der Waals surface area contributed by atoms with Gasteiger partial charge < -0.3 is 15.5 Å². The van der Waals surface area contributed by atoms with Crippen molar-refractivity contribution in [2.24, 2.45) is 0 Å². The molecule has 0 bridgehead atoms. The van der Waals surface area contributed by atoms with E-state index < -0.39 is 23.7 Å². The predicted octanol–water partition coefficient (Wildman–Crippen LogP) is 3.12. The van der Waals surface area contributed by atoms with Gasteiger partial charge in [0.15, 0.2) is 0 Å². The number of hydrogen-bond donors (Lipinski definition) is 3. The number of rotatable bonds is 6. The highest BCUT2D eigenvalue weighted by Crippen LogP contribution is 2.30. The van der Waals surface area contributed by atoms with Crippen LogP contribution in [0, 0.1) is 0 Å². The third-order valence-corrected chi connectivity index (χ3v) is 3.74. The highest BCUT2D eigenvalue weighted by Gasteiger charge is 2.63. The lowest BCUT2D eigenvalue weighted by Crippen LogP contribution is -2.73. The number of alkyl halides is 3. The molecule has 2 aromatic rings. The molecule has 0 saturated carbocycles. The smallest absolute Gasteiger partial charge is 0.438 e. The molecule has 2 rings (SSSR count). The van der Waals surface area contributed by atoms with Gasteiger partial charge in [-0.2, -0.15) is 18.6 Å². The molecular formula is C17H15ClF3N3O3. The Morgan fingerprint density at radius 1 is 1.00 bits per heavy atom. The van der Waals surface area contributed by atoms with Gasteiger partial charge in [0.05, 0.1) is 7.11 Å². The lowest BCUT2D eigenvalue weighted by atomic mass is 10.1. The molecule has 0 spiro atoms. The molecule has 0 aliphatic carbocycles. The average Bonchev–Trinajstić information content (AvgIpc) is 2.64. The lowest BCUT2D eigenvalue weighted by molar-refractivity contribution is -0.215. The molecule has 0 fully saturated rings. The summed E-state index contributed by atoms with van der Waals surface area (Å²) in [5, 5.41) is 1.97. The van der Waals surface area contributed by atoms with Crippen molar-refractivity contribution in [2.45, 2.75) is 11.8 Å². The fraction of sp³-hybridized carbons (Fsp3) is 0.176. The molecule has 1 amide bonds. The fourth-order valence-corrected chi connectivity index (χ4v) is 2.20. The van der Waals surface area contributed by atoms with E-state index in [2.05, 4.69) is 10.2 Å². The van der Waals surface area contributed by atoms with Crippen LogP contribution in [0.4, 0.5) is 18.9 Å². The molecule has 0 unspecified atom stereocenters. The Hall–Kier alpha value is -2.78. The Balaban J connectivity index is 2.36. The zero-order valence-corrected chi connectivity index (χ0v) is 14.7. The summed E-state index contributed by atoms with van der Waals surface area (Å²) < 4.78 is 45.7. The quantitative estimate of drug-likeness (QED) is 0.394. The summed E-state index contributed by atoms with van der Waals surface area (Å²) in [6.07, 6.45) is -5.23. The summed E-state index contributed by atoms with van der Waals surface area (Å²) in [7, 11) is 0.779. The first-order chi connectivity index (χ1) is 12.7. The largest absolute Gasteiger partial charge is 0.466 e. The van der Waals surface area contributed by atoms with E-state index in [-0.39, 0.29) is 11.3 Å². The van der Waals surface area contributed by atoms with Gasteiger partial charge in [-0.3, -0.25) is 4.79 Å². The molecule has 0 aromatic heterocycles. The highest BCUT2D eigenvalue weighted by molar-refractivity contribution is 6.30. The topological polar surface area (TPSA) is 79.5 Å². The van der Waals surface area contributed by atoms with Gasteiger partial charge in [0.25, 0.3) is 5.91 Å². The number of anilines is 1. The van der Waals surface area contributed by atoms with Crippen molar-refractivity contribution in [1.29, 1.82) is 0 Å². The molecule has 0 heterocycles. The number of carbonyl (C=O) groups excluding carboxylic acids is 2. The van der Waals surface area contributed by atoms with Gasteiger partial charge in [-0.05, 0) is 36.4 Å². The first-order valence-electron chi connectivity index (χ1n) is 7.51.